The van der Waals surface area contributed by atoms with E-state index in [9.17, 15) is 8.42 Å². The van der Waals surface area contributed by atoms with Gasteiger partial charge in [0, 0.05) is 10.6 Å². The predicted molar refractivity (Wildman–Crippen MR) is 86.3 cm³/mol. The Labute approximate surface area is 139 Å². The maximum Gasteiger partial charge on any atom is 0.339 e. The van der Waals surface area contributed by atoms with Crippen LogP contribution >= 0.6 is 11.6 Å². The number of hydrogen-bond acceptors (Lipinski definition) is 6. The minimum Gasteiger partial charge on any atom is -0.490 e. The Morgan fingerprint density at radius 2 is 1.87 bits per heavy atom. The molecule has 0 bridgehead atoms. The molecule has 2 aromatic carbocycles. The molecule has 0 atom stereocenters. The number of nitrogens with zero attached hydrogens (tertiary/aromatic N) is 1. The summed E-state index contributed by atoms with van der Waals surface area (Å²) in [6.45, 7) is 2.07. The van der Waals surface area contributed by atoms with Gasteiger partial charge in [0.25, 0.3) is 0 Å². The topological polar surface area (TPSA) is 85.2 Å². The van der Waals surface area contributed by atoms with Crippen LogP contribution in [-0.4, -0.2) is 26.4 Å². The number of halogens is 1. The van der Waals surface area contributed by atoms with Crippen LogP contribution in [0.5, 0.6) is 11.5 Å². The average Bonchev–Trinajstić information content (AvgIpc) is 2.51. The van der Waals surface area contributed by atoms with E-state index in [2.05, 4.69) is 5.16 Å². The van der Waals surface area contributed by atoms with Gasteiger partial charge >= 0.3 is 10.1 Å². The van der Waals surface area contributed by atoms with E-state index in [1.165, 1.54) is 48.7 Å². The highest BCUT2D eigenvalue weighted by Crippen LogP contribution is 2.31. The summed E-state index contributed by atoms with van der Waals surface area (Å²) < 4.78 is 35.1. The summed E-state index contributed by atoms with van der Waals surface area (Å²) in [7, 11) is -4.02. The zero-order chi connectivity index (χ0) is 16.9. The van der Waals surface area contributed by atoms with E-state index < -0.39 is 10.1 Å². The number of benzene rings is 2. The molecule has 2 aromatic rings. The largest absolute Gasteiger partial charge is 0.490 e. The molecule has 23 heavy (non-hydrogen) atoms. The van der Waals surface area contributed by atoms with Gasteiger partial charge in [-0.1, -0.05) is 16.8 Å². The molecule has 0 heterocycles. The lowest BCUT2D eigenvalue weighted by molar-refractivity contribution is 0.321. The van der Waals surface area contributed by atoms with Gasteiger partial charge < -0.3 is 14.1 Å². The van der Waals surface area contributed by atoms with Gasteiger partial charge in [0.1, 0.15) is 4.90 Å². The minimum absolute atomic E-state index is 0.0228. The second kappa shape index (κ2) is 7.34. The van der Waals surface area contributed by atoms with Gasteiger partial charge in [0.15, 0.2) is 11.5 Å². The van der Waals surface area contributed by atoms with E-state index in [1.807, 2.05) is 0 Å². The van der Waals surface area contributed by atoms with Crippen LogP contribution < -0.4 is 8.92 Å². The molecule has 0 unspecified atom stereocenters. The van der Waals surface area contributed by atoms with E-state index in [1.54, 1.807) is 6.92 Å². The zero-order valence-corrected chi connectivity index (χ0v) is 13.7. The van der Waals surface area contributed by atoms with Crippen molar-refractivity contribution in [3.63, 3.8) is 0 Å². The Morgan fingerprint density at radius 3 is 2.48 bits per heavy atom. The molecule has 2 rings (SSSR count). The number of oxime groups is 1. The maximum absolute atomic E-state index is 12.3. The van der Waals surface area contributed by atoms with Gasteiger partial charge in [0.05, 0.1) is 12.8 Å². The third-order valence-electron chi connectivity index (χ3n) is 2.78. The van der Waals surface area contributed by atoms with Crippen LogP contribution in [0.4, 0.5) is 0 Å². The van der Waals surface area contributed by atoms with Crippen LogP contribution in [0.3, 0.4) is 0 Å². The molecule has 0 aliphatic carbocycles. The fourth-order valence-electron chi connectivity index (χ4n) is 1.78. The van der Waals surface area contributed by atoms with Crippen molar-refractivity contribution in [2.45, 2.75) is 11.8 Å². The van der Waals surface area contributed by atoms with E-state index in [-0.39, 0.29) is 16.4 Å². The van der Waals surface area contributed by atoms with Crippen LogP contribution in [0.25, 0.3) is 0 Å². The Morgan fingerprint density at radius 1 is 1.17 bits per heavy atom. The zero-order valence-electron chi connectivity index (χ0n) is 12.1. The van der Waals surface area contributed by atoms with Crippen LogP contribution in [0.15, 0.2) is 52.5 Å². The summed E-state index contributed by atoms with van der Waals surface area (Å²) in [5, 5.41) is 11.9. The van der Waals surface area contributed by atoms with Gasteiger partial charge in [0.2, 0.25) is 0 Å². The van der Waals surface area contributed by atoms with Crippen LogP contribution in [0.2, 0.25) is 5.02 Å². The van der Waals surface area contributed by atoms with Crippen molar-refractivity contribution in [2.24, 2.45) is 5.16 Å². The second-order valence-corrected chi connectivity index (χ2v) is 6.36. The average molecular weight is 356 g/mol. The van der Waals surface area contributed by atoms with Crippen molar-refractivity contribution in [1.29, 1.82) is 0 Å². The van der Waals surface area contributed by atoms with E-state index in [0.717, 1.165) is 0 Å². The molecule has 8 heteroatoms. The Balaban J connectivity index is 2.36. The summed E-state index contributed by atoms with van der Waals surface area (Å²) in [4.78, 5) is -0.0228. The Bertz CT molecular complexity index is 803. The monoisotopic (exact) mass is 355 g/mol. The van der Waals surface area contributed by atoms with Crippen LogP contribution in [-0.2, 0) is 10.1 Å². The van der Waals surface area contributed by atoms with Gasteiger partial charge in [-0.3, -0.25) is 0 Å². The number of rotatable bonds is 6. The predicted octanol–water partition coefficient (Wildman–Crippen LogP) is 3.31. The first-order valence-electron chi connectivity index (χ1n) is 6.60. The van der Waals surface area contributed by atoms with Crippen molar-refractivity contribution in [1.82, 2.24) is 0 Å². The van der Waals surface area contributed by atoms with E-state index >= 15 is 0 Å². The summed E-state index contributed by atoms with van der Waals surface area (Å²) in [6, 6.07) is 10.1. The summed E-state index contributed by atoms with van der Waals surface area (Å²) in [5.74, 6) is 0.263. The first-order valence-corrected chi connectivity index (χ1v) is 8.39. The highest BCUT2D eigenvalue weighted by molar-refractivity contribution is 7.87. The Hall–Kier alpha value is -2.25. The molecule has 0 radical (unpaired) electrons. The molecule has 0 saturated carbocycles. The highest BCUT2D eigenvalue weighted by Gasteiger charge is 2.19. The molecule has 0 saturated heterocycles. The molecule has 0 aromatic heterocycles. The molecule has 0 aliphatic rings. The van der Waals surface area contributed by atoms with E-state index in [4.69, 9.17) is 25.7 Å². The molecule has 0 aliphatic heterocycles. The molecule has 1 N–H and O–H groups in total. The summed E-state index contributed by atoms with van der Waals surface area (Å²) in [6.07, 6.45) is 1.19. The fraction of sp³-hybridized carbons (Fsp3) is 0.133. The van der Waals surface area contributed by atoms with Crippen molar-refractivity contribution in [3.8, 4) is 11.5 Å². The molecule has 6 nitrogen and oxygen atoms in total. The third kappa shape index (κ3) is 4.37. The van der Waals surface area contributed by atoms with Crippen molar-refractivity contribution in [3.05, 3.63) is 53.1 Å². The fourth-order valence-corrected chi connectivity index (χ4v) is 2.84. The molecule has 0 spiro atoms. The van der Waals surface area contributed by atoms with Gasteiger partial charge in [-0.25, -0.2) is 0 Å². The van der Waals surface area contributed by atoms with Crippen molar-refractivity contribution in [2.75, 3.05) is 6.61 Å². The quantitative estimate of drug-likeness (QED) is 0.372. The van der Waals surface area contributed by atoms with Crippen LogP contribution in [0.1, 0.15) is 12.5 Å². The molecular formula is C15H14ClNO5S. The SMILES string of the molecule is CCOc1cc(/C=N\O)ccc1OS(=O)(=O)c1ccc(Cl)cc1. The highest BCUT2D eigenvalue weighted by atomic mass is 35.5. The molecule has 0 fully saturated rings. The normalized spacial score (nSPS) is 11.6. The third-order valence-corrected chi connectivity index (χ3v) is 4.28. The first-order chi connectivity index (χ1) is 11.0. The van der Waals surface area contributed by atoms with Crippen molar-refractivity contribution < 1.29 is 22.5 Å². The van der Waals surface area contributed by atoms with Crippen LogP contribution in [0, 0.1) is 0 Å². The lowest BCUT2D eigenvalue weighted by Crippen LogP contribution is -2.11. The standard InChI is InChI=1S/C15H14ClNO5S/c1-2-21-15-9-11(10-17-18)3-8-14(15)22-23(19,20)13-6-4-12(16)5-7-13/h3-10,18H,2H2,1H3/b17-10-. The first kappa shape index (κ1) is 17.1. The smallest absolute Gasteiger partial charge is 0.339 e. The lowest BCUT2D eigenvalue weighted by atomic mass is 10.2. The lowest BCUT2D eigenvalue weighted by Gasteiger charge is -2.12. The molecule has 0 amide bonds. The summed E-state index contributed by atoms with van der Waals surface area (Å²) in [5.41, 5.74) is 0.534. The van der Waals surface area contributed by atoms with E-state index in [0.29, 0.717) is 17.2 Å². The second-order valence-electron chi connectivity index (χ2n) is 4.38. The maximum atomic E-state index is 12.3. The van der Waals surface area contributed by atoms with Gasteiger partial charge in [-0.15, -0.1) is 0 Å². The number of ether oxygens (including phenoxy) is 1. The molecular weight excluding hydrogens is 342 g/mol. The van der Waals surface area contributed by atoms with Gasteiger partial charge in [-0.2, -0.15) is 8.42 Å². The van der Waals surface area contributed by atoms with Gasteiger partial charge in [-0.05, 0) is 49.4 Å². The number of hydrogen-bond donors (Lipinski definition) is 1. The van der Waals surface area contributed by atoms with Crippen molar-refractivity contribution >= 4 is 27.9 Å². The Kier molecular flexibility index (Phi) is 5.46. The summed E-state index contributed by atoms with van der Waals surface area (Å²) >= 11 is 5.75. The molecule has 122 valence electrons. The minimum atomic E-state index is -4.02.